The van der Waals surface area contributed by atoms with Crippen molar-refractivity contribution in [2.24, 2.45) is 0 Å². The van der Waals surface area contributed by atoms with Crippen LogP contribution >= 0.6 is 0 Å². The lowest BCUT2D eigenvalue weighted by molar-refractivity contribution is 0.0240. The zero-order chi connectivity index (χ0) is 17.9. The number of aromatic carboxylic acids is 1. The highest BCUT2D eigenvalue weighted by Gasteiger charge is 2.27. The van der Waals surface area contributed by atoms with E-state index in [-0.39, 0.29) is 11.7 Å². The van der Waals surface area contributed by atoms with Gasteiger partial charge in [-0.05, 0) is 38.8 Å². The Morgan fingerprint density at radius 2 is 1.88 bits per heavy atom. The predicted octanol–water partition coefficient (Wildman–Crippen LogP) is 2.40. The maximum atomic E-state index is 12.1. The van der Waals surface area contributed by atoms with E-state index < -0.39 is 11.6 Å². The molecule has 24 heavy (non-hydrogen) atoms. The summed E-state index contributed by atoms with van der Waals surface area (Å²) in [5.74, 6) is -0.176. The number of aromatic nitrogens is 1. The van der Waals surface area contributed by atoms with Crippen molar-refractivity contribution >= 4 is 17.9 Å². The molecule has 7 nitrogen and oxygen atoms in total. The fourth-order valence-corrected chi connectivity index (χ4v) is 2.59. The lowest BCUT2D eigenvalue weighted by Gasteiger charge is -2.36. The number of piperazine rings is 1. The molecule has 0 unspecified atom stereocenters. The van der Waals surface area contributed by atoms with Gasteiger partial charge in [0.2, 0.25) is 0 Å². The fraction of sp³-hybridized carbons (Fsp3) is 0.588. The van der Waals surface area contributed by atoms with Crippen LogP contribution in [-0.4, -0.2) is 58.8 Å². The molecule has 1 aliphatic rings. The lowest BCUT2D eigenvalue weighted by atomic mass is 10.1. The van der Waals surface area contributed by atoms with Crippen LogP contribution in [0.5, 0.6) is 0 Å². The van der Waals surface area contributed by atoms with Crippen LogP contribution in [0.2, 0.25) is 0 Å². The number of hydrogen-bond donors (Lipinski definition) is 1. The standard InChI is InChI=1S/C17H25N3O4/c1-5-12-10-13(15(21)22)11-18-14(12)19-6-8-20(9-7-19)16(23)24-17(2,3)4/h10-11H,5-9H2,1-4H3,(H,21,22). The summed E-state index contributed by atoms with van der Waals surface area (Å²) in [5.41, 5.74) is 0.598. The molecule has 0 aromatic carbocycles. The number of nitrogens with zero attached hydrogens (tertiary/aromatic N) is 3. The van der Waals surface area contributed by atoms with Gasteiger partial charge in [0, 0.05) is 32.4 Å². The third kappa shape index (κ3) is 4.37. The molecular formula is C17H25N3O4. The molecule has 1 aromatic heterocycles. The summed E-state index contributed by atoms with van der Waals surface area (Å²) in [7, 11) is 0. The Bertz CT molecular complexity index is 617. The fourth-order valence-electron chi connectivity index (χ4n) is 2.59. The van der Waals surface area contributed by atoms with Gasteiger partial charge in [-0.3, -0.25) is 0 Å². The molecule has 0 aliphatic carbocycles. The monoisotopic (exact) mass is 335 g/mol. The van der Waals surface area contributed by atoms with Gasteiger partial charge in [0.15, 0.2) is 0 Å². The van der Waals surface area contributed by atoms with E-state index >= 15 is 0 Å². The summed E-state index contributed by atoms with van der Waals surface area (Å²) in [6, 6.07) is 1.67. The van der Waals surface area contributed by atoms with E-state index in [0.717, 1.165) is 11.4 Å². The van der Waals surface area contributed by atoms with Gasteiger partial charge in [0.1, 0.15) is 11.4 Å². The van der Waals surface area contributed by atoms with Crippen LogP contribution in [-0.2, 0) is 11.2 Å². The summed E-state index contributed by atoms with van der Waals surface area (Å²) in [6.45, 7) is 9.93. The minimum atomic E-state index is -0.974. The van der Waals surface area contributed by atoms with Crippen LogP contribution < -0.4 is 4.90 Å². The quantitative estimate of drug-likeness (QED) is 0.913. The highest BCUT2D eigenvalue weighted by atomic mass is 16.6. The Labute approximate surface area is 142 Å². The molecular weight excluding hydrogens is 310 g/mol. The molecule has 2 heterocycles. The average molecular weight is 335 g/mol. The molecule has 7 heteroatoms. The van der Waals surface area contributed by atoms with Crippen molar-refractivity contribution in [3.63, 3.8) is 0 Å². The number of pyridine rings is 1. The third-order valence-corrected chi connectivity index (χ3v) is 3.80. The van der Waals surface area contributed by atoms with Gasteiger partial charge < -0.3 is 19.6 Å². The number of ether oxygens (including phenoxy) is 1. The van der Waals surface area contributed by atoms with Crippen LogP contribution in [0.4, 0.5) is 10.6 Å². The highest BCUT2D eigenvalue weighted by molar-refractivity contribution is 5.87. The van der Waals surface area contributed by atoms with Crippen LogP contribution in [0, 0.1) is 0 Å². The van der Waals surface area contributed by atoms with Crippen molar-refractivity contribution in [1.29, 1.82) is 0 Å². The van der Waals surface area contributed by atoms with Crippen molar-refractivity contribution in [2.75, 3.05) is 31.1 Å². The maximum absolute atomic E-state index is 12.1. The SMILES string of the molecule is CCc1cc(C(=O)O)cnc1N1CCN(C(=O)OC(C)(C)C)CC1. The smallest absolute Gasteiger partial charge is 0.410 e. The van der Waals surface area contributed by atoms with Gasteiger partial charge in [0.05, 0.1) is 5.56 Å². The molecule has 1 N–H and O–H groups in total. The maximum Gasteiger partial charge on any atom is 0.410 e. The molecule has 0 atom stereocenters. The number of anilines is 1. The first-order valence-corrected chi connectivity index (χ1v) is 8.16. The van der Waals surface area contributed by atoms with E-state index in [9.17, 15) is 9.59 Å². The molecule has 132 valence electrons. The number of carbonyl (C=O) groups is 2. The number of carbonyl (C=O) groups excluding carboxylic acids is 1. The van der Waals surface area contributed by atoms with Gasteiger partial charge in [-0.2, -0.15) is 0 Å². The minimum absolute atomic E-state index is 0.197. The molecule has 0 spiro atoms. The number of carboxylic acids is 1. The molecule has 1 amide bonds. The number of amides is 1. The van der Waals surface area contributed by atoms with Crippen molar-refractivity contribution in [2.45, 2.75) is 39.7 Å². The van der Waals surface area contributed by atoms with Gasteiger partial charge in [-0.15, -0.1) is 0 Å². The topological polar surface area (TPSA) is 83.0 Å². The first-order chi connectivity index (χ1) is 11.2. The zero-order valence-electron chi connectivity index (χ0n) is 14.7. The average Bonchev–Trinajstić information content (AvgIpc) is 2.52. The molecule has 0 saturated carbocycles. The van der Waals surface area contributed by atoms with Crippen LogP contribution in [0.15, 0.2) is 12.3 Å². The van der Waals surface area contributed by atoms with Crippen LogP contribution in [0.25, 0.3) is 0 Å². The largest absolute Gasteiger partial charge is 0.478 e. The van der Waals surface area contributed by atoms with E-state index in [0.29, 0.717) is 32.6 Å². The first kappa shape index (κ1) is 18.0. The second kappa shape index (κ2) is 7.07. The summed E-state index contributed by atoms with van der Waals surface area (Å²) in [5, 5.41) is 9.08. The Morgan fingerprint density at radius 1 is 1.25 bits per heavy atom. The summed E-state index contributed by atoms with van der Waals surface area (Å²) in [4.78, 5) is 31.3. The Balaban J connectivity index is 2.04. The Kier molecular flexibility index (Phi) is 5.31. The summed E-state index contributed by atoms with van der Waals surface area (Å²) in [6.07, 6.45) is 1.79. The first-order valence-electron chi connectivity index (χ1n) is 8.16. The van der Waals surface area contributed by atoms with E-state index in [1.165, 1.54) is 6.20 Å². The van der Waals surface area contributed by atoms with Crippen molar-refractivity contribution in [3.05, 3.63) is 23.4 Å². The number of aryl methyl sites for hydroxylation is 1. The van der Waals surface area contributed by atoms with Crippen LogP contribution in [0.3, 0.4) is 0 Å². The Hall–Kier alpha value is -2.31. The van der Waals surface area contributed by atoms with Gasteiger partial charge >= 0.3 is 12.1 Å². The zero-order valence-corrected chi connectivity index (χ0v) is 14.7. The molecule has 0 radical (unpaired) electrons. The lowest BCUT2D eigenvalue weighted by Crippen LogP contribution is -2.50. The molecule has 2 rings (SSSR count). The number of rotatable bonds is 3. The molecule has 1 aromatic rings. The van der Waals surface area contributed by atoms with E-state index in [4.69, 9.17) is 9.84 Å². The summed E-state index contributed by atoms with van der Waals surface area (Å²) >= 11 is 0. The normalized spacial score (nSPS) is 15.3. The number of carboxylic acid groups (broad SMARTS) is 1. The second-order valence-corrected chi connectivity index (χ2v) is 6.82. The highest BCUT2D eigenvalue weighted by Crippen LogP contribution is 2.22. The minimum Gasteiger partial charge on any atom is -0.478 e. The van der Waals surface area contributed by atoms with Crippen molar-refractivity contribution in [3.8, 4) is 0 Å². The van der Waals surface area contributed by atoms with E-state index in [2.05, 4.69) is 9.88 Å². The third-order valence-electron chi connectivity index (χ3n) is 3.80. The van der Waals surface area contributed by atoms with Gasteiger partial charge in [-0.1, -0.05) is 6.92 Å². The molecule has 1 saturated heterocycles. The van der Waals surface area contributed by atoms with Crippen LogP contribution in [0.1, 0.15) is 43.6 Å². The van der Waals surface area contributed by atoms with Gasteiger partial charge in [-0.25, -0.2) is 14.6 Å². The van der Waals surface area contributed by atoms with Gasteiger partial charge in [0.25, 0.3) is 0 Å². The summed E-state index contributed by atoms with van der Waals surface area (Å²) < 4.78 is 5.39. The predicted molar refractivity (Wildman–Crippen MR) is 90.6 cm³/mol. The molecule has 0 bridgehead atoms. The Morgan fingerprint density at radius 3 is 2.38 bits per heavy atom. The molecule has 1 fully saturated rings. The van der Waals surface area contributed by atoms with Crippen molar-refractivity contribution < 1.29 is 19.4 Å². The molecule has 1 aliphatic heterocycles. The van der Waals surface area contributed by atoms with E-state index in [1.807, 2.05) is 27.7 Å². The van der Waals surface area contributed by atoms with E-state index in [1.54, 1.807) is 11.0 Å². The second-order valence-electron chi connectivity index (χ2n) is 6.82. The van der Waals surface area contributed by atoms with Crippen molar-refractivity contribution in [1.82, 2.24) is 9.88 Å². The number of hydrogen-bond acceptors (Lipinski definition) is 5.